The number of hydrogen-bond acceptors (Lipinski definition) is 6. The SMILES string of the molecule is CCCCNS(=O)(=O)c1cccc(NC(=O)CNC(=O)c2ccc(C)c([N+](=O)[O-])c2)c1. The number of hydrogen-bond donors (Lipinski definition) is 3. The van der Waals surface area contributed by atoms with Crippen molar-refractivity contribution < 1.29 is 22.9 Å². The van der Waals surface area contributed by atoms with Crippen molar-refractivity contribution in [2.75, 3.05) is 18.4 Å². The lowest BCUT2D eigenvalue weighted by Crippen LogP contribution is -2.33. The van der Waals surface area contributed by atoms with Gasteiger partial charge in [0.1, 0.15) is 0 Å². The number of rotatable bonds is 10. The van der Waals surface area contributed by atoms with Gasteiger partial charge in [0.05, 0.1) is 16.4 Å². The highest BCUT2D eigenvalue weighted by Gasteiger charge is 2.17. The Morgan fingerprint density at radius 1 is 1.13 bits per heavy atom. The molecule has 0 heterocycles. The second-order valence-electron chi connectivity index (χ2n) is 6.77. The monoisotopic (exact) mass is 448 g/mol. The number of amides is 2. The standard InChI is InChI=1S/C20H24N4O6S/c1-3-4-10-22-31(29,30)17-7-5-6-16(12-17)23-19(25)13-21-20(26)15-9-8-14(2)18(11-15)24(27)28/h5-9,11-12,22H,3-4,10,13H2,1-2H3,(H,21,26)(H,23,25). The fraction of sp³-hybridized carbons (Fsp3) is 0.300. The molecule has 2 aromatic carbocycles. The zero-order chi connectivity index (χ0) is 23.0. The van der Waals surface area contributed by atoms with Crippen molar-refractivity contribution in [1.82, 2.24) is 10.0 Å². The molecule has 0 radical (unpaired) electrons. The Hall–Kier alpha value is -3.31. The highest BCUT2D eigenvalue weighted by Crippen LogP contribution is 2.19. The van der Waals surface area contributed by atoms with Crippen molar-refractivity contribution in [1.29, 1.82) is 0 Å². The summed E-state index contributed by atoms with van der Waals surface area (Å²) < 4.78 is 27.1. The first kappa shape index (κ1) is 24.0. The average molecular weight is 449 g/mol. The van der Waals surface area contributed by atoms with Crippen molar-refractivity contribution in [3.05, 3.63) is 63.7 Å². The van der Waals surface area contributed by atoms with E-state index in [9.17, 15) is 28.1 Å². The molecule has 0 fully saturated rings. The number of nitrogens with one attached hydrogen (secondary N) is 3. The third kappa shape index (κ3) is 6.86. The summed E-state index contributed by atoms with van der Waals surface area (Å²) in [4.78, 5) is 34.8. The number of carbonyl (C=O) groups is 2. The highest BCUT2D eigenvalue weighted by atomic mass is 32.2. The fourth-order valence-corrected chi connectivity index (χ4v) is 3.74. The minimum absolute atomic E-state index is 0.0115. The Balaban J connectivity index is 1.98. The maximum Gasteiger partial charge on any atom is 0.273 e. The van der Waals surface area contributed by atoms with Gasteiger partial charge in [0.2, 0.25) is 15.9 Å². The van der Waals surface area contributed by atoms with Crippen molar-refractivity contribution in [3.8, 4) is 0 Å². The number of carbonyl (C=O) groups excluding carboxylic acids is 2. The number of sulfonamides is 1. The zero-order valence-electron chi connectivity index (χ0n) is 17.2. The maximum absolute atomic E-state index is 12.3. The van der Waals surface area contributed by atoms with E-state index < -0.39 is 33.3 Å². The summed E-state index contributed by atoms with van der Waals surface area (Å²) in [6.07, 6.45) is 1.56. The first-order valence-corrected chi connectivity index (χ1v) is 11.0. The van der Waals surface area contributed by atoms with Gasteiger partial charge in [0.15, 0.2) is 0 Å². The fourth-order valence-electron chi connectivity index (χ4n) is 2.62. The summed E-state index contributed by atoms with van der Waals surface area (Å²) in [6, 6.07) is 9.76. The van der Waals surface area contributed by atoms with Crippen LogP contribution in [0.4, 0.5) is 11.4 Å². The van der Waals surface area contributed by atoms with E-state index in [1.54, 1.807) is 6.92 Å². The van der Waals surface area contributed by atoms with Crippen LogP contribution in [0.25, 0.3) is 0 Å². The van der Waals surface area contributed by atoms with E-state index in [0.717, 1.165) is 12.5 Å². The molecule has 0 aliphatic rings. The predicted octanol–water partition coefficient (Wildman–Crippen LogP) is 2.35. The van der Waals surface area contributed by atoms with Crippen LogP contribution in [0.2, 0.25) is 0 Å². The molecule has 166 valence electrons. The number of nitro benzene ring substituents is 1. The molecule has 11 heteroatoms. The van der Waals surface area contributed by atoms with Crippen LogP contribution in [0.15, 0.2) is 47.4 Å². The molecule has 0 bridgehead atoms. The molecule has 0 saturated heterocycles. The number of benzene rings is 2. The van der Waals surface area contributed by atoms with E-state index in [-0.39, 0.29) is 21.8 Å². The molecule has 0 aliphatic carbocycles. The average Bonchev–Trinajstić information content (AvgIpc) is 2.72. The molecule has 0 aliphatic heterocycles. The van der Waals surface area contributed by atoms with Crippen LogP contribution < -0.4 is 15.4 Å². The summed E-state index contributed by atoms with van der Waals surface area (Å²) >= 11 is 0. The van der Waals surface area contributed by atoms with Gasteiger partial charge >= 0.3 is 0 Å². The van der Waals surface area contributed by atoms with Crippen molar-refractivity contribution in [2.24, 2.45) is 0 Å². The van der Waals surface area contributed by atoms with E-state index in [2.05, 4.69) is 15.4 Å². The summed E-state index contributed by atoms with van der Waals surface area (Å²) in [6.45, 7) is 3.43. The molecule has 2 rings (SSSR count). The van der Waals surface area contributed by atoms with Crippen LogP contribution in [-0.4, -0.2) is 38.2 Å². The first-order chi connectivity index (χ1) is 14.6. The largest absolute Gasteiger partial charge is 0.343 e. The Bertz CT molecular complexity index is 1080. The van der Waals surface area contributed by atoms with E-state index in [1.165, 1.54) is 36.4 Å². The van der Waals surface area contributed by atoms with E-state index >= 15 is 0 Å². The van der Waals surface area contributed by atoms with Gasteiger partial charge in [-0.05, 0) is 37.6 Å². The van der Waals surface area contributed by atoms with Crippen LogP contribution in [0.1, 0.15) is 35.7 Å². The van der Waals surface area contributed by atoms with Gasteiger partial charge in [-0.1, -0.05) is 25.5 Å². The number of nitrogens with zero attached hydrogens (tertiary/aromatic N) is 1. The maximum atomic E-state index is 12.3. The van der Waals surface area contributed by atoms with E-state index in [4.69, 9.17) is 0 Å². The summed E-state index contributed by atoms with van der Waals surface area (Å²) in [5.41, 5.74) is 0.529. The van der Waals surface area contributed by atoms with Gasteiger partial charge in [-0.3, -0.25) is 19.7 Å². The molecule has 0 unspecified atom stereocenters. The molecular weight excluding hydrogens is 424 g/mol. The number of nitro groups is 1. The third-order valence-electron chi connectivity index (χ3n) is 4.33. The minimum atomic E-state index is -3.69. The smallest absolute Gasteiger partial charge is 0.273 e. The lowest BCUT2D eigenvalue weighted by molar-refractivity contribution is -0.385. The second kappa shape index (κ2) is 10.6. The molecule has 3 N–H and O–H groups in total. The number of aryl methyl sites for hydroxylation is 1. The van der Waals surface area contributed by atoms with Crippen LogP contribution in [0.5, 0.6) is 0 Å². The van der Waals surface area contributed by atoms with Crippen molar-refractivity contribution in [3.63, 3.8) is 0 Å². The molecule has 2 amide bonds. The van der Waals surface area contributed by atoms with E-state index in [0.29, 0.717) is 18.5 Å². The molecule has 0 aromatic heterocycles. The van der Waals surface area contributed by atoms with Gasteiger partial charge in [-0.15, -0.1) is 0 Å². The quantitative estimate of drug-likeness (QED) is 0.289. The summed E-state index contributed by atoms with van der Waals surface area (Å²) in [5.74, 6) is -1.22. The zero-order valence-corrected chi connectivity index (χ0v) is 18.0. The molecule has 0 saturated carbocycles. The highest BCUT2D eigenvalue weighted by molar-refractivity contribution is 7.89. The van der Waals surface area contributed by atoms with E-state index in [1.807, 2.05) is 6.92 Å². The Morgan fingerprint density at radius 2 is 1.87 bits per heavy atom. The predicted molar refractivity (Wildman–Crippen MR) is 115 cm³/mol. The van der Waals surface area contributed by atoms with Gasteiger partial charge in [0.25, 0.3) is 11.6 Å². The van der Waals surface area contributed by atoms with Crippen molar-refractivity contribution in [2.45, 2.75) is 31.6 Å². The Kier molecular flexibility index (Phi) is 8.22. The Morgan fingerprint density at radius 3 is 2.55 bits per heavy atom. The normalized spacial score (nSPS) is 11.0. The van der Waals surface area contributed by atoms with Gasteiger partial charge < -0.3 is 10.6 Å². The minimum Gasteiger partial charge on any atom is -0.343 e. The Labute approximate surface area is 180 Å². The molecule has 31 heavy (non-hydrogen) atoms. The molecular formula is C20H24N4O6S. The van der Waals surface area contributed by atoms with Gasteiger partial charge in [0, 0.05) is 29.4 Å². The van der Waals surface area contributed by atoms with Crippen LogP contribution in [-0.2, 0) is 14.8 Å². The molecule has 2 aromatic rings. The van der Waals surface area contributed by atoms with Crippen molar-refractivity contribution >= 4 is 33.2 Å². The van der Waals surface area contributed by atoms with Crippen LogP contribution >= 0.6 is 0 Å². The summed E-state index contributed by atoms with van der Waals surface area (Å²) in [7, 11) is -3.69. The summed E-state index contributed by atoms with van der Waals surface area (Å²) in [5, 5.41) is 15.9. The van der Waals surface area contributed by atoms with Gasteiger partial charge in [-0.2, -0.15) is 0 Å². The third-order valence-corrected chi connectivity index (χ3v) is 5.79. The lowest BCUT2D eigenvalue weighted by atomic mass is 10.1. The number of unbranched alkanes of at least 4 members (excludes halogenated alkanes) is 1. The molecule has 0 spiro atoms. The molecule has 10 nitrogen and oxygen atoms in total. The topological polar surface area (TPSA) is 148 Å². The first-order valence-electron chi connectivity index (χ1n) is 9.57. The lowest BCUT2D eigenvalue weighted by Gasteiger charge is -2.10. The van der Waals surface area contributed by atoms with Crippen LogP contribution in [0.3, 0.4) is 0 Å². The second-order valence-corrected chi connectivity index (χ2v) is 8.54. The van der Waals surface area contributed by atoms with Gasteiger partial charge in [-0.25, -0.2) is 13.1 Å². The molecule has 0 atom stereocenters. The van der Waals surface area contributed by atoms with Crippen LogP contribution in [0, 0.1) is 17.0 Å². The number of anilines is 1.